The van der Waals surface area contributed by atoms with Gasteiger partial charge in [0.2, 0.25) is 0 Å². The van der Waals surface area contributed by atoms with Gasteiger partial charge in [-0.1, -0.05) is 190 Å². The molecule has 0 heterocycles. The van der Waals surface area contributed by atoms with Gasteiger partial charge in [0.05, 0.1) is 0 Å². The Balaban J connectivity index is 3.61. The van der Waals surface area contributed by atoms with Crippen LogP contribution < -0.4 is 0 Å². The third kappa shape index (κ3) is 31.7. The zero-order valence-electron chi connectivity index (χ0n) is 28.7. The Bertz CT molecular complexity index is 589. The Hall–Kier alpha value is -0.780. The van der Waals surface area contributed by atoms with Gasteiger partial charge in [0.1, 0.15) is 0 Å². The van der Waals surface area contributed by atoms with Gasteiger partial charge in [-0.2, -0.15) is 0 Å². The molecule has 0 saturated heterocycles. The zero-order chi connectivity index (χ0) is 29.4. The van der Waals surface area contributed by atoms with Crippen LogP contribution >= 0.6 is 0 Å². The molecule has 0 amide bonds. The lowest BCUT2D eigenvalue weighted by Crippen LogP contribution is -1.84. The van der Waals surface area contributed by atoms with Gasteiger partial charge in [0, 0.05) is 0 Å². The molecule has 40 heavy (non-hydrogen) atoms. The van der Waals surface area contributed by atoms with Crippen molar-refractivity contribution in [2.75, 3.05) is 0 Å². The molecular formula is C40H76. The maximum Gasteiger partial charge on any atom is -0.0164 e. The summed E-state index contributed by atoms with van der Waals surface area (Å²) in [6.07, 6.45) is 48.1. The Labute approximate surface area is 255 Å². The fourth-order valence-corrected chi connectivity index (χ4v) is 5.80. The van der Waals surface area contributed by atoms with E-state index in [0.717, 1.165) is 6.42 Å². The van der Waals surface area contributed by atoms with Crippen molar-refractivity contribution in [3.63, 3.8) is 0 Å². The number of rotatable bonds is 31. The SMILES string of the molecule is CCCCCCCCCCCCCCC(C)=CCC=C(C)CCC=C(C)CCCCCCCCCCCCCC. The van der Waals surface area contributed by atoms with E-state index in [1.54, 1.807) is 16.7 Å². The average molecular weight is 557 g/mol. The quantitative estimate of drug-likeness (QED) is 0.0588. The normalized spacial score (nSPS) is 13.0. The number of unbranched alkanes of at least 4 members (excludes halogenated alkanes) is 22. The first-order valence-electron chi connectivity index (χ1n) is 18.6. The van der Waals surface area contributed by atoms with Gasteiger partial charge in [-0.15, -0.1) is 0 Å². The molecule has 236 valence electrons. The zero-order valence-corrected chi connectivity index (χ0v) is 28.7. The highest BCUT2D eigenvalue weighted by Gasteiger charge is 1.97. The van der Waals surface area contributed by atoms with E-state index in [2.05, 4.69) is 52.8 Å². The predicted molar refractivity (Wildman–Crippen MR) is 187 cm³/mol. The summed E-state index contributed by atoms with van der Waals surface area (Å²) in [7, 11) is 0. The molecule has 0 radical (unpaired) electrons. The lowest BCUT2D eigenvalue weighted by Gasteiger charge is -2.04. The van der Waals surface area contributed by atoms with Gasteiger partial charge in [0.25, 0.3) is 0 Å². The van der Waals surface area contributed by atoms with E-state index in [-0.39, 0.29) is 0 Å². The Morgan fingerprint density at radius 2 is 0.600 bits per heavy atom. The lowest BCUT2D eigenvalue weighted by atomic mass is 10.0. The van der Waals surface area contributed by atoms with Crippen LogP contribution in [0.5, 0.6) is 0 Å². The summed E-state index contributed by atoms with van der Waals surface area (Å²) in [5.41, 5.74) is 4.76. The highest BCUT2D eigenvalue weighted by Crippen LogP contribution is 2.17. The summed E-state index contributed by atoms with van der Waals surface area (Å²) >= 11 is 0. The monoisotopic (exact) mass is 557 g/mol. The molecule has 0 aliphatic carbocycles. The van der Waals surface area contributed by atoms with E-state index in [1.807, 2.05) is 0 Å². The summed E-state index contributed by atoms with van der Waals surface area (Å²) in [5.74, 6) is 0. The molecule has 0 aliphatic heterocycles. The van der Waals surface area contributed by atoms with E-state index < -0.39 is 0 Å². The van der Waals surface area contributed by atoms with Crippen molar-refractivity contribution in [1.82, 2.24) is 0 Å². The molecule has 0 aromatic rings. The van der Waals surface area contributed by atoms with Crippen LogP contribution in [0.1, 0.15) is 221 Å². The van der Waals surface area contributed by atoms with E-state index in [9.17, 15) is 0 Å². The van der Waals surface area contributed by atoms with Crippen LogP contribution in [0.25, 0.3) is 0 Å². The topological polar surface area (TPSA) is 0 Å². The molecule has 0 unspecified atom stereocenters. The predicted octanol–water partition coefficient (Wildman–Crippen LogP) is 15.2. The highest BCUT2D eigenvalue weighted by molar-refractivity contribution is 5.08. The minimum Gasteiger partial charge on any atom is -0.0853 e. The molecule has 0 saturated carbocycles. The number of allylic oxidation sites excluding steroid dienone is 6. The first-order chi connectivity index (χ1) is 19.6. The number of hydrogen-bond donors (Lipinski definition) is 0. The van der Waals surface area contributed by atoms with Gasteiger partial charge in [-0.25, -0.2) is 0 Å². The molecule has 0 rings (SSSR count). The fraction of sp³-hybridized carbons (Fsp3) is 0.850. The van der Waals surface area contributed by atoms with Crippen LogP contribution in [0, 0.1) is 0 Å². The van der Waals surface area contributed by atoms with Crippen molar-refractivity contribution in [2.24, 2.45) is 0 Å². The maximum atomic E-state index is 2.50. The molecule has 0 bridgehead atoms. The molecule has 0 aliphatic rings. The van der Waals surface area contributed by atoms with Crippen LogP contribution in [-0.4, -0.2) is 0 Å². The third-order valence-corrected chi connectivity index (χ3v) is 8.81. The van der Waals surface area contributed by atoms with Gasteiger partial charge in [0.15, 0.2) is 0 Å². The fourth-order valence-electron chi connectivity index (χ4n) is 5.80. The first kappa shape index (κ1) is 39.2. The average Bonchev–Trinajstić information content (AvgIpc) is 2.94. The molecule has 0 nitrogen and oxygen atoms in total. The van der Waals surface area contributed by atoms with Crippen molar-refractivity contribution >= 4 is 0 Å². The molecule has 0 aromatic heterocycles. The van der Waals surface area contributed by atoms with Gasteiger partial charge >= 0.3 is 0 Å². The van der Waals surface area contributed by atoms with Crippen LogP contribution in [0.15, 0.2) is 34.9 Å². The summed E-state index contributed by atoms with van der Waals surface area (Å²) in [4.78, 5) is 0. The summed E-state index contributed by atoms with van der Waals surface area (Å²) in [5, 5.41) is 0. The summed E-state index contributed by atoms with van der Waals surface area (Å²) in [6, 6.07) is 0. The lowest BCUT2D eigenvalue weighted by molar-refractivity contribution is 0.543. The van der Waals surface area contributed by atoms with Crippen LogP contribution in [-0.2, 0) is 0 Å². The van der Waals surface area contributed by atoms with Crippen molar-refractivity contribution in [1.29, 1.82) is 0 Å². The van der Waals surface area contributed by atoms with E-state index in [0.29, 0.717) is 0 Å². The van der Waals surface area contributed by atoms with Crippen LogP contribution in [0.4, 0.5) is 0 Å². The van der Waals surface area contributed by atoms with Gasteiger partial charge < -0.3 is 0 Å². The molecule has 0 aromatic carbocycles. The van der Waals surface area contributed by atoms with E-state index in [4.69, 9.17) is 0 Å². The standard InChI is InChI=1S/C40H76/c1-6-8-10-12-14-16-18-20-22-24-26-28-32-38(3)34-30-36-40(5)37-31-35-39(4)33-29-27-25-23-21-19-17-15-13-11-9-7-2/h34-36H,6-33,37H2,1-5H3. The van der Waals surface area contributed by atoms with Crippen LogP contribution in [0.2, 0.25) is 0 Å². The molecular weight excluding hydrogens is 480 g/mol. The molecule has 0 atom stereocenters. The van der Waals surface area contributed by atoms with Crippen LogP contribution in [0.3, 0.4) is 0 Å². The Kier molecular flexibility index (Phi) is 32.1. The Morgan fingerprint density at radius 1 is 0.325 bits per heavy atom. The molecule has 0 N–H and O–H groups in total. The van der Waals surface area contributed by atoms with Crippen molar-refractivity contribution < 1.29 is 0 Å². The first-order valence-corrected chi connectivity index (χ1v) is 18.6. The second kappa shape index (κ2) is 32.7. The number of hydrogen-bond acceptors (Lipinski definition) is 0. The van der Waals surface area contributed by atoms with Crippen molar-refractivity contribution in [3.8, 4) is 0 Å². The highest BCUT2D eigenvalue weighted by atomic mass is 14.0. The van der Waals surface area contributed by atoms with Gasteiger partial charge in [-0.3, -0.25) is 0 Å². The molecule has 0 fully saturated rings. The smallest absolute Gasteiger partial charge is 0.0164 e. The van der Waals surface area contributed by atoms with Crippen molar-refractivity contribution in [2.45, 2.75) is 221 Å². The third-order valence-electron chi connectivity index (χ3n) is 8.81. The second-order valence-corrected chi connectivity index (χ2v) is 13.2. The summed E-state index contributed by atoms with van der Waals surface area (Å²) < 4.78 is 0. The minimum atomic E-state index is 1.12. The molecule has 0 spiro atoms. The van der Waals surface area contributed by atoms with E-state index in [1.165, 1.54) is 180 Å². The summed E-state index contributed by atoms with van der Waals surface area (Å²) in [6.45, 7) is 11.6. The van der Waals surface area contributed by atoms with E-state index >= 15 is 0 Å². The molecule has 0 heteroatoms. The van der Waals surface area contributed by atoms with Gasteiger partial charge in [-0.05, 0) is 65.7 Å². The van der Waals surface area contributed by atoms with Crippen molar-refractivity contribution in [3.05, 3.63) is 34.9 Å². The second-order valence-electron chi connectivity index (χ2n) is 13.2. The maximum absolute atomic E-state index is 2.50. The minimum absolute atomic E-state index is 1.12. The largest absolute Gasteiger partial charge is 0.0853 e. The Morgan fingerprint density at radius 3 is 0.950 bits per heavy atom.